The highest BCUT2D eigenvalue weighted by molar-refractivity contribution is 5.88. The molecule has 0 bridgehead atoms. The van der Waals surface area contributed by atoms with Gasteiger partial charge >= 0.3 is 0 Å². The van der Waals surface area contributed by atoms with E-state index < -0.39 is 0 Å². The lowest BCUT2D eigenvalue weighted by Gasteiger charge is -2.03. The Kier molecular flexibility index (Phi) is 32.1. The van der Waals surface area contributed by atoms with Gasteiger partial charge in [-0.3, -0.25) is 0 Å². The number of benzene rings is 8. The Balaban J connectivity index is 0.000000764. The zero-order chi connectivity index (χ0) is 49.2. The maximum absolute atomic E-state index is 2.22. The van der Waals surface area contributed by atoms with Crippen LogP contribution in [0.25, 0.3) is 21.9 Å². The molecular formula is C65H86. The molecule has 0 radical (unpaired) electrons. The van der Waals surface area contributed by atoms with E-state index in [-0.39, 0.29) is 0 Å². The molecule has 0 fully saturated rings. The Morgan fingerprint density at radius 2 is 0.585 bits per heavy atom. The van der Waals surface area contributed by atoms with Crippen molar-refractivity contribution in [3.05, 3.63) is 249 Å². The van der Waals surface area contributed by atoms with Crippen LogP contribution >= 0.6 is 0 Å². The minimum absolute atomic E-state index is 1.03. The van der Waals surface area contributed by atoms with Crippen molar-refractivity contribution in [2.24, 2.45) is 0 Å². The maximum Gasteiger partial charge on any atom is -0.00258 e. The Bertz CT molecular complexity index is 2270. The van der Waals surface area contributed by atoms with Crippen LogP contribution in [0.15, 0.2) is 182 Å². The molecule has 0 heterocycles. The van der Waals surface area contributed by atoms with Gasteiger partial charge in [0.25, 0.3) is 0 Å². The van der Waals surface area contributed by atoms with Crippen molar-refractivity contribution in [2.75, 3.05) is 0 Å². The van der Waals surface area contributed by atoms with E-state index in [1.165, 1.54) is 88.7 Å². The first-order valence-electron chi connectivity index (χ1n) is 24.1. The van der Waals surface area contributed by atoms with Gasteiger partial charge in [0, 0.05) is 0 Å². The number of hydrogen-bond acceptors (Lipinski definition) is 0. The van der Waals surface area contributed by atoms with E-state index in [0.717, 1.165) is 6.42 Å². The molecule has 0 aliphatic carbocycles. The predicted octanol–water partition coefficient (Wildman–Crippen LogP) is 20.0. The van der Waals surface area contributed by atoms with Crippen molar-refractivity contribution in [1.29, 1.82) is 0 Å². The minimum atomic E-state index is 1.03. The van der Waals surface area contributed by atoms with Crippen LogP contribution < -0.4 is 0 Å². The second kappa shape index (κ2) is 35.4. The second-order valence-corrected chi connectivity index (χ2v) is 15.2. The van der Waals surface area contributed by atoms with E-state index in [2.05, 4.69) is 251 Å². The van der Waals surface area contributed by atoms with Crippen LogP contribution in [0.5, 0.6) is 0 Å². The molecule has 65 heavy (non-hydrogen) atoms. The summed E-state index contributed by atoms with van der Waals surface area (Å²) in [6, 6.07) is 64.0. The first-order valence-corrected chi connectivity index (χ1v) is 24.1. The molecule has 0 spiro atoms. The fourth-order valence-electron chi connectivity index (χ4n) is 6.49. The fourth-order valence-corrected chi connectivity index (χ4v) is 6.49. The summed E-state index contributed by atoms with van der Waals surface area (Å²) in [6.07, 6.45) is 1.03. The average molecular weight is 867 g/mol. The SMILES string of the molecule is CC.CC.CC.CC.Cc1ccc(C)c(C)c1.Cc1cccc(-c2cccc(C)c2)c1.Cc1cccc(C)c1C.Cc1cccc2c(C)cccc12.c1ccc(Cc2ccccc2)cc1. The summed E-state index contributed by atoms with van der Waals surface area (Å²) < 4.78 is 0. The van der Waals surface area contributed by atoms with Gasteiger partial charge < -0.3 is 0 Å². The molecule has 0 aliphatic heterocycles. The normalized spacial score (nSPS) is 9.14. The lowest BCUT2D eigenvalue weighted by Crippen LogP contribution is -1.85. The van der Waals surface area contributed by atoms with Gasteiger partial charge in [-0.2, -0.15) is 0 Å². The molecule has 0 heteroatoms. The summed E-state index contributed by atoms with van der Waals surface area (Å²) in [7, 11) is 0. The van der Waals surface area contributed by atoms with E-state index in [4.69, 9.17) is 0 Å². The highest BCUT2D eigenvalue weighted by Crippen LogP contribution is 2.22. The second-order valence-electron chi connectivity index (χ2n) is 15.2. The van der Waals surface area contributed by atoms with Crippen LogP contribution in [0.1, 0.15) is 122 Å². The van der Waals surface area contributed by atoms with E-state index in [0.29, 0.717) is 0 Å². The van der Waals surface area contributed by atoms with Gasteiger partial charge in [0.2, 0.25) is 0 Å². The van der Waals surface area contributed by atoms with Gasteiger partial charge in [-0.1, -0.05) is 254 Å². The number of aryl methyl sites for hydroxylation is 9. The van der Waals surface area contributed by atoms with Gasteiger partial charge in [-0.15, -0.1) is 0 Å². The molecule has 0 saturated heterocycles. The largest absolute Gasteiger partial charge is 0.0683 e. The quantitative estimate of drug-likeness (QED) is 0.166. The van der Waals surface area contributed by atoms with Gasteiger partial charge in [0.1, 0.15) is 0 Å². The van der Waals surface area contributed by atoms with Gasteiger partial charge in [-0.05, 0) is 148 Å². The molecule has 0 atom stereocenters. The number of fused-ring (bicyclic) bond motifs is 1. The monoisotopic (exact) mass is 867 g/mol. The first-order chi connectivity index (χ1) is 31.4. The van der Waals surface area contributed by atoms with E-state index >= 15 is 0 Å². The smallest absolute Gasteiger partial charge is 0.00258 e. The standard InChI is InChI=1S/C14H14.C13H12.C12H12.2C9H12.4C2H6/c1-11-5-3-7-13(9-11)14-8-4-6-12(2)10-14;1-3-7-12(8-4-1)11-13-9-5-2-6-10-13;1-9-5-3-8-12-10(2)6-4-7-11(9)12;1-7-4-5-8(2)9(3)6-7;1-7-5-4-6-8(2)9(7)3;4*1-2/h3-10H,1-2H3;1-10H,11H2;3-8H,1-2H3;2*4-6H,1-3H3;4*1-2H3. The Morgan fingerprint density at radius 3 is 0.923 bits per heavy atom. The fraction of sp³-hybridized carbons (Fsp3) is 0.292. The van der Waals surface area contributed by atoms with Crippen LogP contribution in [0.4, 0.5) is 0 Å². The van der Waals surface area contributed by atoms with Gasteiger partial charge in [0.05, 0.1) is 0 Å². The Labute approximate surface area is 399 Å². The highest BCUT2D eigenvalue weighted by Gasteiger charge is 1.99. The van der Waals surface area contributed by atoms with Crippen molar-refractivity contribution in [2.45, 2.75) is 131 Å². The molecule has 0 unspecified atom stereocenters. The predicted molar refractivity (Wildman–Crippen MR) is 297 cm³/mol. The maximum atomic E-state index is 2.22. The summed E-state index contributed by atoms with van der Waals surface area (Å²) in [4.78, 5) is 0. The van der Waals surface area contributed by atoms with Crippen molar-refractivity contribution in [3.8, 4) is 11.1 Å². The Hall–Kier alpha value is -5.98. The van der Waals surface area contributed by atoms with Crippen LogP contribution in [0, 0.1) is 69.2 Å². The molecule has 0 amide bonds. The van der Waals surface area contributed by atoms with Crippen LogP contribution in [-0.4, -0.2) is 0 Å². The third-order valence-corrected chi connectivity index (χ3v) is 10.4. The number of hydrogen-bond donors (Lipinski definition) is 0. The van der Waals surface area contributed by atoms with E-state index in [9.17, 15) is 0 Å². The molecule has 0 nitrogen and oxygen atoms in total. The molecule has 0 aliphatic rings. The molecule has 8 rings (SSSR count). The molecule has 0 aromatic heterocycles. The van der Waals surface area contributed by atoms with Crippen LogP contribution in [0.2, 0.25) is 0 Å². The third-order valence-electron chi connectivity index (χ3n) is 10.4. The molecule has 0 saturated carbocycles. The zero-order valence-corrected chi connectivity index (χ0v) is 44.0. The summed E-state index contributed by atoms with van der Waals surface area (Å²) in [6.45, 7) is 37.4. The topological polar surface area (TPSA) is 0 Å². The summed E-state index contributed by atoms with van der Waals surface area (Å²) >= 11 is 0. The van der Waals surface area contributed by atoms with Crippen molar-refractivity contribution >= 4 is 10.8 Å². The summed E-state index contributed by atoms with van der Waals surface area (Å²) in [5, 5.41) is 2.75. The van der Waals surface area contributed by atoms with Crippen LogP contribution in [0.3, 0.4) is 0 Å². The average Bonchev–Trinajstić information content (AvgIpc) is 3.34. The van der Waals surface area contributed by atoms with Gasteiger partial charge in [-0.25, -0.2) is 0 Å². The minimum Gasteiger partial charge on any atom is -0.0683 e. The van der Waals surface area contributed by atoms with Crippen LogP contribution in [-0.2, 0) is 6.42 Å². The lowest BCUT2D eigenvalue weighted by molar-refractivity contribution is 1.19. The lowest BCUT2D eigenvalue weighted by atomic mass is 10.0. The third kappa shape index (κ3) is 23.0. The van der Waals surface area contributed by atoms with Crippen molar-refractivity contribution in [1.82, 2.24) is 0 Å². The molecule has 8 aromatic rings. The van der Waals surface area contributed by atoms with Gasteiger partial charge in [0.15, 0.2) is 0 Å². The highest BCUT2D eigenvalue weighted by atomic mass is 14.0. The van der Waals surface area contributed by atoms with E-state index in [1.54, 1.807) is 0 Å². The van der Waals surface area contributed by atoms with Crippen molar-refractivity contribution < 1.29 is 0 Å². The molecule has 346 valence electrons. The molecule has 8 aromatic carbocycles. The van der Waals surface area contributed by atoms with E-state index in [1.807, 2.05) is 55.4 Å². The number of rotatable bonds is 3. The summed E-state index contributed by atoms with van der Waals surface area (Å²) in [5.74, 6) is 0. The zero-order valence-electron chi connectivity index (χ0n) is 44.0. The molecular weight excluding hydrogens is 781 g/mol. The Morgan fingerprint density at radius 1 is 0.246 bits per heavy atom. The first kappa shape index (κ1) is 59.0. The summed E-state index contributed by atoms with van der Waals surface area (Å²) in [5.41, 5.74) is 19.0. The molecule has 0 N–H and O–H groups in total. The van der Waals surface area contributed by atoms with Crippen molar-refractivity contribution in [3.63, 3.8) is 0 Å².